The van der Waals surface area contributed by atoms with Gasteiger partial charge in [0, 0.05) is 12.1 Å². The van der Waals surface area contributed by atoms with Crippen LogP contribution in [0.2, 0.25) is 0 Å². The normalized spacial score (nSPS) is 19.1. The Morgan fingerprint density at radius 1 is 0.962 bits per heavy atom. The molecule has 0 saturated heterocycles. The Labute approximate surface area is 148 Å². The van der Waals surface area contributed by atoms with Crippen LogP contribution in [0.1, 0.15) is 41.1 Å². The highest BCUT2D eigenvalue weighted by atomic mass is 16.6. The summed E-state index contributed by atoms with van der Waals surface area (Å²) in [5, 5.41) is 21.9. The Hall–Kier alpha value is -3.29. The molecule has 3 rings (SSSR count). The lowest BCUT2D eigenvalue weighted by Crippen LogP contribution is -2.15. The smallest absolute Gasteiger partial charge is 0.338 e. The lowest BCUT2D eigenvalue weighted by Gasteiger charge is -2.13. The van der Waals surface area contributed by atoms with Crippen molar-refractivity contribution in [3.05, 3.63) is 79.9 Å². The first kappa shape index (κ1) is 17.5. The average molecular weight is 356 g/mol. The molecule has 2 aromatic rings. The van der Waals surface area contributed by atoms with Gasteiger partial charge in [0.25, 0.3) is 11.4 Å². The van der Waals surface area contributed by atoms with E-state index < -0.39 is 27.2 Å². The summed E-state index contributed by atoms with van der Waals surface area (Å²) in [6.07, 6.45) is 1.90. The van der Waals surface area contributed by atoms with E-state index in [0.717, 1.165) is 24.6 Å². The van der Waals surface area contributed by atoms with Crippen molar-refractivity contribution in [3.63, 3.8) is 0 Å². The van der Waals surface area contributed by atoms with E-state index in [1.165, 1.54) is 5.56 Å². The van der Waals surface area contributed by atoms with Crippen LogP contribution in [-0.4, -0.2) is 21.9 Å². The van der Waals surface area contributed by atoms with Gasteiger partial charge in [0.15, 0.2) is 0 Å². The highest BCUT2D eigenvalue weighted by Gasteiger charge is 2.30. The van der Waals surface area contributed by atoms with Crippen molar-refractivity contribution in [1.82, 2.24) is 0 Å². The molecule has 2 atom stereocenters. The number of nitrogens with zero attached hydrogens (tertiary/aromatic N) is 2. The van der Waals surface area contributed by atoms with Crippen molar-refractivity contribution >= 4 is 17.3 Å². The van der Waals surface area contributed by atoms with Crippen molar-refractivity contribution in [2.45, 2.75) is 31.3 Å². The molecule has 0 aromatic heterocycles. The third-order valence-electron chi connectivity index (χ3n) is 4.49. The molecule has 0 unspecified atom stereocenters. The monoisotopic (exact) mass is 356 g/mol. The number of hydrogen-bond acceptors (Lipinski definition) is 6. The van der Waals surface area contributed by atoms with Crippen LogP contribution in [-0.2, 0) is 4.74 Å². The quantitative estimate of drug-likeness (QED) is 0.455. The molecule has 0 amide bonds. The number of esters is 1. The molecule has 0 radical (unpaired) electrons. The van der Waals surface area contributed by atoms with Crippen molar-refractivity contribution in [3.8, 4) is 0 Å². The second-order valence-corrected chi connectivity index (χ2v) is 6.20. The molecule has 1 aliphatic carbocycles. The van der Waals surface area contributed by atoms with Gasteiger partial charge in [-0.05, 0) is 30.7 Å². The molecule has 1 saturated carbocycles. The average Bonchev–Trinajstić information content (AvgIpc) is 3.10. The third-order valence-corrected chi connectivity index (χ3v) is 4.49. The van der Waals surface area contributed by atoms with E-state index >= 15 is 0 Å². The molecule has 26 heavy (non-hydrogen) atoms. The fraction of sp³-hybridized carbons (Fsp3) is 0.278. The number of hydrogen-bond donors (Lipinski definition) is 0. The number of ether oxygens (including phenoxy) is 1. The second kappa shape index (κ2) is 7.30. The van der Waals surface area contributed by atoms with E-state index in [4.69, 9.17) is 4.74 Å². The molecule has 134 valence electrons. The van der Waals surface area contributed by atoms with Gasteiger partial charge >= 0.3 is 5.97 Å². The number of carbonyl (C=O) groups excluding carboxylic acids is 1. The highest BCUT2D eigenvalue weighted by Crippen LogP contribution is 2.36. The molecule has 1 fully saturated rings. The molecule has 0 bridgehead atoms. The largest absolute Gasteiger partial charge is 0.459 e. The standard InChI is InChI=1S/C18H16N2O6/c21-18(14-8-15(19(22)23)11-16(9-14)20(24)25)26-17-7-6-13(10-17)12-4-2-1-3-5-12/h1-5,8-9,11,13,17H,6-7,10H2/t13-,17-/m0/s1. The number of non-ortho nitro benzene ring substituents is 2. The number of nitro groups is 2. The first-order chi connectivity index (χ1) is 12.4. The molecule has 8 nitrogen and oxygen atoms in total. The summed E-state index contributed by atoms with van der Waals surface area (Å²) in [4.78, 5) is 32.6. The van der Waals surface area contributed by atoms with Gasteiger partial charge in [-0.25, -0.2) is 4.79 Å². The number of benzene rings is 2. The predicted octanol–water partition coefficient (Wildman–Crippen LogP) is 4.00. The third kappa shape index (κ3) is 3.85. The lowest BCUT2D eigenvalue weighted by atomic mass is 9.98. The van der Waals surface area contributed by atoms with Crippen LogP contribution in [0.3, 0.4) is 0 Å². The number of nitro benzene ring substituents is 2. The van der Waals surface area contributed by atoms with Crippen molar-refractivity contribution in [2.24, 2.45) is 0 Å². The zero-order valence-corrected chi connectivity index (χ0v) is 13.7. The Bertz CT molecular complexity index is 820. The lowest BCUT2D eigenvalue weighted by molar-refractivity contribution is -0.394. The van der Waals surface area contributed by atoms with Gasteiger partial charge in [-0.1, -0.05) is 30.3 Å². The van der Waals surface area contributed by atoms with Gasteiger partial charge in [-0.2, -0.15) is 0 Å². The van der Waals surface area contributed by atoms with Crippen LogP contribution in [0.5, 0.6) is 0 Å². The summed E-state index contributed by atoms with van der Waals surface area (Å²) in [6.45, 7) is 0. The molecule has 2 aromatic carbocycles. The maximum Gasteiger partial charge on any atom is 0.338 e. The summed E-state index contributed by atoms with van der Waals surface area (Å²) in [5.74, 6) is -0.496. The summed E-state index contributed by atoms with van der Waals surface area (Å²) >= 11 is 0. The molecular formula is C18H16N2O6. The molecule has 0 heterocycles. The fourth-order valence-corrected chi connectivity index (χ4v) is 3.22. The van der Waals surface area contributed by atoms with Gasteiger partial charge in [0.2, 0.25) is 0 Å². The number of rotatable bonds is 5. The van der Waals surface area contributed by atoms with E-state index in [1.807, 2.05) is 30.3 Å². The molecular weight excluding hydrogens is 340 g/mol. The summed E-state index contributed by atoms with van der Waals surface area (Å²) < 4.78 is 5.43. The van der Waals surface area contributed by atoms with Gasteiger partial charge < -0.3 is 4.74 Å². The second-order valence-electron chi connectivity index (χ2n) is 6.20. The van der Waals surface area contributed by atoms with Gasteiger partial charge in [0.05, 0.1) is 21.5 Å². The Balaban J connectivity index is 1.72. The summed E-state index contributed by atoms with van der Waals surface area (Å²) in [7, 11) is 0. The molecule has 0 N–H and O–H groups in total. The van der Waals surface area contributed by atoms with E-state index in [0.29, 0.717) is 12.8 Å². The van der Waals surface area contributed by atoms with Gasteiger partial charge in [-0.3, -0.25) is 20.2 Å². The first-order valence-electron chi connectivity index (χ1n) is 8.14. The summed E-state index contributed by atoms with van der Waals surface area (Å²) in [6, 6.07) is 12.7. The van der Waals surface area contributed by atoms with Crippen LogP contribution in [0.15, 0.2) is 48.5 Å². The topological polar surface area (TPSA) is 113 Å². The van der Waals surface area contributed by atoms with Crippen LogP contribution < -0.4 is 0 Å². The van der Waals surface area contributed by atoms with Crippen LogP contribution in [0, 0.1) is 20.2 Å². The Kier molecular flexibility index (Phi) is 4.92. The van der Waals surface area contributed by atoms with E-state index in [1.54, 1.807) is 0 Å². The van der Waals surface area contributed by atoms with Crippen LogP contribution in [0.25, 0.3) is 0 Å². The SMILES string of the molecule is O=C(O[C@H]1CC[C@H](c2ccccc2)C1)c1cc([N+](=O)[O-])cc([N+](=O)[O-])c1. The highest BCUT2D eigenvalue weighted by molar-refractivity contribution is 5.91. The van der Waals surface area contributed by atoms with E-state index in [-0.39, 0.29) is 17.6 Å². The molecule has 0 aliphatic heterocycles. The summed E-state index contributed by atoms with van der Waals surface area (Å²) in [5.41, 5.74) is -0.0365. The first-order valence-corrected chi connectivity index (χ1v) is 8.14. The van der Waals surface area contributed by atoms with Crippen LogP contribution >= 0.6 is 0 Å². The maximum atomic E-state index is 12.3. The minimum absolute atomic E-state index is 0.186. The van der Waals surface area contributed by atoms with Crippen molar-refractivity contribution < 1.29 is 19.4 Å². The van der Waals surface area contributed by atoms with Gasteiger partial charge in [-0.15, -0.1) is 0 Å². The van der Waals surface area contributed by atoms with Crippen molar-refractivity contribution in [1.29, 1.82) is 0 Å². The molecule has 8 heteroatoms. The molecule has 1 aliphatic rings. The minimum Gasteiger partial charge on any atom is -0.459 e. The van der Waals surface area contributed by atoms with Gasteiger partial charge in [0.1, 0.15) is 6.10 Å². The van der Waals surface area contributed by atoms with Crippen molar-refractivity contribution in [2.75, 3.05) is 0 Å². The fourth-order valence-electron chi connectivity index (χ4n) is 3.22. The Morgan fingerprint density at radius 3 is 2.15 bits per heavy atom. The number of carbonyl (C=O) groups is 1. The zero-order valence-electron chi connectivity index (χ0n) is 13.7. The minimum atomic E-state index is -0.782. The molecule has 0 spiro atoms. The zero-order chi connectivity index (χ0) is 18.7. The maximum absolute atomic E-state index is 12.3. The van der Waals surface area contributed by atoms with Crippen LogP contribution in [0.4, 0.5) is 11.4 Å². The van der Waals surface area contributed by atoms with E-state index in [9.17, 15) is 25.0 Å². The Morgan fingerprint density at radius 2 is 1.58 bits per heavy atom. The van der Waals surface area contributed by atoms with E-state index in [2.05, 4.69) is 0 Å². The predicted molar refractivity (Wildman–Crippen MR) is 92.0 cm³/mol.